The van der Waals surface area contributed by atoms with E-state index in [4.69, 9.17) is 14.7 Å². The summed E-state index contributed by atoms with van der Waals surface area (Å²) in [4.78, 5) is 37.0. The van der Waals surface area contributed by atoms with Gasteiger partial charge < -0.3 is 14.8 Å². The molecule has 1 amide bonds. The Morgan fingerprint density at radius 2 is 1.70 bits per heavy atom. The average molecular weight is 374 g/mol. The summed E-state index contributed by atoms with van der Waals surface area (Å²) in [5, 5.41) is 11.1. The van der Waals surface area contributed by atoms with Crippen LogP contribution in [0.15, 0.2) is 24.3 Å². The van der Waals surface area contributed by atoms with E-state index in [1.807, 2.05) is 18.2 Å². The summed E-state index contributed by atoms with van der Waals surface area (Å²) in [6.45, 7) is 4.60. The van der Waals surface area contributed by atoms with Gasteiger partial charge in [-0.1, -0.05) is 24.3 Å². The lowest BCUT2D eigenvalue weighted by Gasteiger charge is -2.29. The van der Waals surface area contributed by atoms with Crippen molar-refractivity contribution in [3.8, 4) is 6.07 Å². The zero-order valence-corrected chi connectivity index (χ0v) is 16.0. The molecule has 0 aromatic heterocycles. The molecule has 27 heavy (non-hydrogen) atoms. The number of hydrogen-bond acceptors (Lipinski definition) is 6. The van der Waals surface area contributed by atoms with Crippen molar-refractivity contribution in [2.45, 2.75) is 52.0 Å². The SMILES string of the molecule is CCOC(=O)C(Cc1cccc(CCCC#N)c1)(NC(C)=O)C(=O)OCC. The van der Waals surface area contributed by atoms with Gasteiger partial charge in [-0.15, -0.1) is 0 Å². The fourth-order valence-electron chi connectivity index (χ4n) is 2.76. The highest BCUT2D eigenvalue weighted by molar-refractivity contribution is 6.08. The number of carbonyl (C=O) groups excluding carboxylic acids is 3. The maximum Gasteiger partial charge on any atom is 0.344 e. The fraction of sp³-hybridized carbons (Fsp3) is 0.500. The predicted octanol–water partition coefficient (Wildman–Crippen LogP) is 2.08. The van der Waals surface area contributed by atoms with Crippen LogP contribution in [0, 0.1) is 11.3 Å². The summed E-state index contributed by atoms with van der Waals surface area (Å²) in [6, 6.07) is 9.44. The lowest BCUT2D eigenvalue weighted by Crippen LogP contribution is -2.62. The van der Waals surface area contributed by atoms with E-state index in [0.717, 1.165) is 5.56 Å². The number of carbonyl (C=O) groups is 3. The Morgan fingerprint density at radius 1 is 1.11 bits per heavy atom. The zero-order chi connectivity index (χ0) is 20.3. The van der Waals surface area contributed by atoms with Crippen LogP contribution in [0.2, 0.25) is 0 Å². The second kappa shape index (κ2) is 11.0. The molecule has 1 N–H and O–H groups in total. The molecule has 7 nitrogen and oxygen atoms in total. The van der Waals surface area contributed by atoms with Crippen molar-refractivity contribution in [2.24, 2.45) is 0 Å². The van der Waals surface area contributed by atoms with Crippen molar-refractivity contribution in [3.63, 3.8) is 0 Å². The maximum atomic E-state index is 12.6. The highest BCUT2D eigenvalue weighted by atomic mass is 16.6. The average Bonchev–Trinajstić information content (AvgIpc) is 2.61. The normalized spacial score (nSPS) is 10.6. The number of nitrogens with one attached hydrogen (secondary N) is 1. The minimum absolute atomic E-state index is 0.0633. The van der Waals surface area contributed by atoms with Crippen molar-refractivity contribution in [1.82, 2.24) is 5.32 Å². The molecule has 1 rings (SSSR count). The van der Waals surface area contributed by atoms with Gasteiger partial charge in [0.2, 0.25) is 11.4 Å². The van der Waals surface area contributed by atoms with E-state index in [0.29, 0.717) is 24.8 Å². The molecule has 0 saturated carbocycles. The van der Waals surface area contributed by atoms with Crippen LogP contribution in [0.4, 0.5) is 0 Å². The van der Waals surface area contributed by atoms with Gasteiger partial charge in [0.05, 0.1) is 19.3 Å². The highest BCUT2D eigenvalue weighted by Crippen LogP contribution is 2.20. The molecule has 0 atom stereocenters. The van der Waals surface area contributed by atoms with Crippen molar-refractivity contribution in [1.29, 1.82) is 5.26 Å². The van der Waals surface area contributed by atoms with Crippen LogP contribution in [-0.4, -0.2) is 36.6 Å². The molecular weight excluding hydrogens is 348 g/mol. The van der Waals surface area contributed by atoms with Crippen molar-refractivity contribution in [2.75, 3.05) is 13.2 Å². The smallest absolute Gasteiger partial charge is 0.344 e. The van der Waals surface area contributed by atoms with E-state index in [1.165, 1.54) is 6.92 Å². The summed E-state index contributed by atoms with van der Waals surface area (Å²) in [7, 11) is 0. The summed E-state index contributed by atoms with van der Waals surface area (Å²) >= 11 is 0. The molecule has 0 unspecified atom stereocenters. The van der Waals surface area contributed by atoms with Crippen LogP contribution in [0.5, 0.6) is 0 Å². The Bertz CT molecular complexity index is 691. The second-order valence-corrected chi connectivity index (χ2v) is 6.04. The minimum atomic E-state index is -1.94. The molecule has 0 spiro atoms. The molecule has 7 heteroatoms. The molecule has 0 fully saturated rings. The number of nitriles is 1. The monoisotopic (exact) mass is 374 g/mol. The van der Waals surface area contributed by atoms with Crippen LogP contribution in [0.25, 0.3) is 0 Å². The summed E-state index contributed by atoms with van der Waals surface area (Å²) in [5.41, 5.74) is -0.283. The van der Waals surface area contributed by atoms with Gasteiger partial charge in [-0.05, 0) is 37.8 Å². The third-order valence-corrected chi connectivity index (χ3v) is 3.85. The Balaban J connectivity index is 3.24. The standard InChI is InChI=1S/C20H26N2O5/c1-4-26-18(24)20(22-15(3)23,19(25)27-5-2)14-17-11-8-10-16(13-17)9-6-7-12-21/h8,10-11,13H,4-7,9,14H2,1-3H3,(H,22,23). The van der Waals surface area contributed by atoms with Gasteiger partial charge in [0.25, 0.3) is 0 Å². The number of rotatable bonds is 10. The van der Waals surface area contributed by atoms with Gasteiger partial charge in [-0.25, -0.2) is 9.59 Å². The van der Waals surface area contributed by atoms with Crippen molar-refractivity contribution < 1.29 is 23.9 Å². The first-order chi connectivity index (χ1) is 12.9. The van der Waals surface area contributed by atoms with E-state index in [1.54, 1.807) is 19.9 Å². The van der Waals surface area contributed by atoms with E-state index in [9.17, 15) is 14.4 Å². The fourth-order valence-corrected chi connectivity index (χ4v) is 2.76. The Morgan fingerprint density at radius 3 is 2.22 bits per heavy atom. The molecule has 0 aliphatic heterocycles. The van der Waals surface area contributed by atoms with Gasteiger partial charge in [0, 0.05) is 19.8 Å². The molecule has 0 aliphatic rings. The number of ether oxygens (including phenoxy) is 2. The van der Waals surface area contributed by atoms with Gasteiger partial charge in [-0.2, -0.15) is 5.26 Å². The first kappa shape index (κ1) is 22.2. The summed E-state index contributed by atoms with van der Waals surface area (Å²) < 4.78 is 10.1. The predicted molar refractivity (Wildman–Crippen MR) is 98.5 cm³/mol. The van der Waals surface area contributed by atoms with Crippen LogP contribution in [0.3, 0.4) is 0 Å². The molecule has 1 aromatic rings. The summed E-state index contributed by atoms with van der Waals surface area (Å²) in [5.74, 6) is -2.25. The molecule has 1 aromatic carbocycles. The lowest BCUT2D eigenvalue weighted by molar-refractivity contribution is -0.168. The van der Waals surface area contributed by atoms with Gasteiger partial charge >= 0.3 is 11.9 Å². The molecule has 146 valence electrons. The Hall–Kier alpha value is -2.88. The molecule has 0 heterocycles. The molecule has 0 radical (unpaired) electrons. The minimum Gasteiger partial charge on any atom is -0.464 e. The van der Waals surface area contributed by atoms with E-state index in [2.05, 4.69) is 11.4 Å². The van der Waals surface area contributed by atoms with Crippen molar-refractivity contribution >= 4 is 17.8 Å². The number of esters is 2. The van der Waals surface area contributed by atoms with E-state index < -0.39 is 23.4 Å². The summed E-state index contributed by atoms with van der Waals surface area (Å²) in [6.07, 6.45) is 1.78. The molecule has 0 aliphatic carbocycles. The molecule has 0 saturated heterocycles. The topological polar surface area (TPSA) is 105 Å². The Kier molecular flexibility index (Phi) is 9.00. The van der Waals surface area contributed by atoms with E-state index >= 15 is 0 Å². The number of benzene rings is 1. The molecular formula is C20H26N2O5. The van der Waals surface area contributed by atoms with Crippen LogP contribution in [-0.2, 0) is 36.7 Å². The van der Waals surface area contributed by atoms with Gasteiger partial charge in [-0.3, -0.25) is 4.79 Å². The van der Waals surface area contributed by atoms with Crippen molar-refractivity contribution in [3.05, 3.63) is 35.4 Å². The number of hydrogen-bond donors (Lipinski definition) is 1. The zero-order valence-electron chi connectivity index (χ0n) is 16.0. The third-order valence-electron chi connectivity index (χ3n) is 3.85. The van der Waals surface area contributed by atoms with Gasteiger partial charge in [0.15, 0.2) is 0 Å². The van der Waals surface area contributed by atoms with E-state index in [-0.39, 0.29) is 19.6 Å². The maximum absolute atomic E-state index is 12.6. The largest absolute Gasteiger partial charge is 0.464 e. The molecule has 0 bridgehead atoms. The lowest BCUT2D eigenvalue weighted by atomic mass is 9.89. The second-order valence-electron chi connectivity index (χ2n) is 6.04. The number of nitrogens with zero attached hydrogens (tertiary/aromatic N) is 1. The highest BCUT2D eigenvalue weighted by Gasteiger charge is 2.50. The van der Waals surface area contributed by atoms with Crippen LogP contribution < -0.4 is 5.32 Å². The van der Waals surface area contributed by atoms with Gasteiger partial charge in [0.1, 0.15) is 0 Å². The third kappa shape index (κ3) is 6.41. The van der Waals surface area contributed by atoms with Crippen LogP contribution in [0.1, 0.15) is 44.7 Å². The number of unbranched alkanes of at least 4 members (excludes halogenated alkanes) is 1. The number of amides is 1. The Labute approximate surface area is 159 Å². The first-order valence-corrected chi connectivity index (χ1v) is 8.97. The quantitative estimate of drug-likeness (QED) is 0.382. The number of aryl methyl sites for hydroxylation is 1. The first-order valence-electron chi connectivity index (χ1n) is 8.97. The van der Waals surface area contributed by atoms with Crippen LogP contribution >= 0.6 is 0 Å².